The molecule has 1 N–H and O–H groups in total. The van der Waals surface area contributed by atoms with Crippen molar-refractivity contribution in [3.05, 3.63) is 66.2 Å². The summed E-state index contributed by atoms with van der Waals surface area (Å²) in [5, 5.41) is 12.3. The maximum atomic E-state index is 12.1. The number of nitrogens with one attached hydrogen (secondary N) is 1. The normalized spacial score (nSPS) is 10.7. The van der Waals surface area contributed by atoms with Gasteiger partial charge in [0.2, 0.25) is 5.91 Å². The van der Waals surface area contributed by atoms with Gasteiger partial charge in [0.25, 0.3) is 0 Å². The van der Waals surface area contributed by atoms with E-state index in [1.807, 2.05) is 53.1 Å². The Kier molecular flexibility index (Phi) is 6.44. The fourth-order valence-corrected chi connectivity index (χ4v) is 3.49. The zero-order chi connectivity index (χ0) is 18.2. The van der Waals surface area contributed by atoms with Crippen LogP contribution in [0.25, 0.3) is 11.4 Å². The van der Waals surface area contributed by atoms with E-state index >= 15 is 0 Å². The Morgan fingerprint density at radius 2 is 1.73 bits per heavy atom. The Labute approximate surface area is 157 Å². The predicted octanol–water partition coefficient (Wildman–Crippen LogP) is 3.42. The van der Waals surface area contributed by atoms with Gasteiger partial charge in [-0.1, -0.05) is 72.4 Å². The third kappa shape index (κ3) is 4.73. The molecule has 0 aliphatic rings. The fourth-order valence-electron chi connectivity index (χ4n) is 2.65. The highest BCUT2D eigenvalue weighted by Crippen LogP contribution is 2.23. The van der Waals surface area contributed by atoms with E-state index < -0.39 is 0 Å². The highest BCUT2D eigenvalue weighted by atomic mass is 32.2. The Balaban J connectivity index is 1.53. The molecule has 0 unspecified atom stereocenters. The summed E-state index contributed by atoms with van der Waals surface area (Å²) in [7, 11) is 0. The van der Waals surface area contributed by atoms with Crippen molar-refractivity contribution in [2.45, 2.75) is 25.0 Å². The van der Waals surface area contributed by atoms with Gasteiger partial charge in [-0.25, -0.2) is 0 Å². The molecule has 3 rings (SSSR count). The average Bonchev–Trinajstić information content (AvgIpc) is 3.11. The first-order valence-electron chi connectivity index (χ1n) is 8.70. The molecular weight excluding hydrogens is 344 g/mol. The minimum Gasteiger partial charge on any atom is -0.355 e. The van der Waals surface area contributed by atoms with Crippen molar-refractivity contribution >= 4 is 17.7 Å². The molecule has 1 heterocycles. The Morgan fingerprint density at radius 3 is 2.42 bits per heavy atom. The lowest BCUT2D eigenvalue weighted by atomic mass is 10.1. The van der Waals surface area contributed by atoms with Crippen LogP contribution in [0.1, 0.15) is 12.5 Å². The lowest BCUT2D eigenvalue weighted by Gasteiger charge is -2.08. The lowest BCUT2D eigenvalue weighted by molar-refractivity contribution is -0.118. The van der Waals surface area contributed by atoms with Crippen molar-refractivity contribution in [3.63, 3.8) is 0 Å². The molecule has 0 bridgehead atoms. The summed E-state index contributed by atoms with van der Waals surface area (Å²) in [6.07, 6.45) is 0.834. The van der Waals surface area contributed by atoms with Crippen LogP contribution in [0, 0.1) is 0 Å². The molecule has 134 valence electrons. The first-order chi connectivity index (χ1) is 12.8. The van der Waals surface area contributed by atoms with E-state index in [1.165, 1.54) is 17.3 Å². The zero-order valence-corrected chi connectivity index (χ0v) is 15.6. The first-order valence-corrected chi connectivity index (χ1v) is 9.68. The van der Waals surface area contributed by atoms with Crippen LogP contribution in [0.4, 0.5) is 0 Å². The van der Waals surface area contributed by atoms with E-state index in [4.69, 9.17) is 0 Å². The van der Waals surface area contributed by atoms with Gasteiger partial charge >= 0.3 is 0 Å². The van der Waals surface area contributed by atoms with E-state index in [0.717, 1.165) is 29.5 Å². The number of rotatable bonds is 8. The van der Waals surface area contributed by atoms with E-state index in [1.54, 1.807) is 0 Å². The van der Waals surface area contributed by atoms with Crippen LogP contribution in [0.2, 0.25) is 0 Å². The maximum absolute atomic E-state index is 12.1. The molecule has 0 aliphatic heterocycles. The van der Waals surface area contributed by atoms with E-state index in [2.05, 4.69) is 34.6 Å². The van der Waals surface area contributed by atoms with Gasteiger partial charge in [-0.05, 0) is 18.9 Å². The monoisotopic (exact) mass is 366 g/mol. The number of amides is 1. The molecule has 0 saturated heterocycles. The predicted molar refractivity (Wildman–Crippen MR) is 105 cm³/mol. The second-order valence-corrected chi connectivity index (χ2v) is 6.73. The molecule has 5 nitrogen and oxygen atoms in total. The molecule has 0 fully saturated rings. The van der Waals surface area contributed by atoms with E-state index in [-0.39, 0.29) is 5.91 Å². The number of benzene rings is 2. The van der Waals surface area contributed by atoms with Crippen LogP contribution in [-0.4, -0.2) is 33.0 Å². The summed E-state index contributed by atoms with van der Waals surface area (Å²) in [5.41, 5.74) is 2.25. The van der Waals surface area contributed by atoms with Crippen molar-refractivity contribution in [1.29, 1.82) is 0 Å². The Morgan fingerprint density at radius 1 is 1.04 bits per heavy atom. The van der Waals surface area contributed by atoms with Crippen LogP contribution in [0.5, 0.6) is 0 Å². The quantitative estimate of drug-likeness (QED) is 0.621. The first kappa shape index (κ1) is 18.2. The molecule has 0 saturated carbocycles. The molecule has 0 radical (unpaired) electrons. The van der Waals surface area contributed by atoms with Crippen LogP contribution in [-0.2, 0) is 17.8 Å². The number of carbonyl (C=O) groups excluding carboxylic acids is 1. The molecule has 0 spiro atoms. The fraction of sp³-hybridized carbons (Fsp3) is 0.250. The van der Waals surface area contributed by atoms with Crippen LogP contribution in [0.15, 0.2) is 65.8 Å². The third-order valence-corrected chi connectivity index (χ3v) is 4.94. The number of hydrogen-bond donors (Lipinski definition) is 1. The van der Waals surface area contributed by atoms with Gasteiger partial charge in [0.1, 0.15) is 0 Å². The van der Waals surface area contributed by atoms with E-state index in [9.17, 15) is 4.79 Å². The standard InChI is InChI=1S/C20H22N4OS/c1-2-24-19(17-11-7-4-8-12-17)22-23-20(24)26-15-18(25)21-14-13-16-9-5-3-6-10-16/h3-12H,2,13-15H2,1H3,(H,21,25). The van der Waals surface area contributed by atoms with Gasteiger partial charge < -0.3 is 9.88 Å². The molecular formula is C20H22N4OS. The molecule has 1 aromatic heterocycles. The number of thioether (sulfide) groups is 1. The van der Waals surface area contributed by atoms with Crippen molar-refractivity contribution < 1.29 is 4.79 Å². The number of nitrogens with zero attached hydrogens (tertiary/aromatic N) is 3. The second kappa shape index (κ2) is 9.20. The van der Waals surface area contributed by atoms with Crippen molar-refractivity contribution in [2.24, 2.45) is 0 Å². The smallest absolute Gasteiger partial charge is 0.230 e. The molecule has 0 aliphatic carbocycles. The minimum atomic E-state index is 0.0119. The summed E-state index contributed by atoms with van der Waals surface area (Å²) in [6.45, 7) is 3.45. The average molecular weight is 366 g/mol. The zero-order valence-electron chi connectivity index (χ0n) is 14.8. The number of carbonyl (C=O) groups is 1. The second-order valence-electron chi connectivity index (χ2n) is 5.79. The summed E-state index contributed by atoms with van der Waals surface area (Å²) in [6, 6.07) is 20.1. The van der Waals surface area contributed by atoms with Crippen molar-refractivity contribution in [1.82, 2.24) is 20.1 Å². The SMILES string of the molecule is CCn1c(SCC(=O)NCCc2ccccc2)nnc1-c1ccccc1. The molecule has 1 amide bonds. The molecule has 6 heteroatoms. The highest BCUT2D eigenvalue weighted by molar-refractivity contribution is 7.99. The largest absolute Gasteiger partial charge is 0.355 e. The van der Waals surface area contributed by atoms with Gasteiger partial charge in [0.05, 0.1) is 5.75 Å². The minimum absolute atomic E-state index is 0.0119. The summed E-state index contributed by atoms with van der Waals surface area (Å²) in [4.78, 5) is 12.1. The van der Waals surface area contributed by atoms with Gasteiger partial charge in [0.15, 0.2) is 11.0 Å². The molecule has 26 heavy (non-hydrogen) atoms. The summed E-state index contributed by atoms with van der Waals surface area (Å²) >= 11 is 1.42. The van der Waals surface area contributed by atoms with Crippen molar-refractivity contribution in [2.75, 3.05) is 12.3 Å². The number of aromatic nitrogens is 3. The molecule has 0 atom stereocenters. The topological polar surface area (TPSA) is 59.8 Å². The molecule has 3 aromatic rings. The number of hydrogen-bond acceptors (Lipinski definition) is 4. The summed E-state index contributed by atoms with van der Waals surface area (Å²) in [5.74, 6) is 1.18. The Bertz CT molecular complexity index is 834. The van der Waals surface area contributed by atoms with Gasteiger partial charge in [0, 0.05) is 18.7 Å². The molecule has 2 aromatic carbocycles. The summed E-state index contributed by atoms with van der Waals surface area (Å²) < 4.78 is 2.04. The van der Waals surface area contributed by atoms with Crippen molar-refractivity contribution in [3.8, 4) is 11.4 Å². The van der Waals surface area contributed by atoms with Gasteiger partial charge in [-0.2, -0.15) is 0 Å². The van der Waals surface area contributed by atoms with Crippen LogP contribution in [0.3, 0.4) is 0 Å². The van der Waals surface area contributed by atoms with Crippen LogP contribution >= 0.6 is 11.8 Å². The van der Waals surface area contributed by atoms with Gasteiger partial charge in [-0.15, -0.1) is 10.2 Å². The highest BCUT2D eigenvalue weighted by Gasteiger charge is 2.14. The van der Waals surface area contributed by atoms with Crippen LogP contribution < -0.4 is 5.32 Å². The lowest BCUT2D eigenvalue weighted by Crippen LogP contribution is -2.27. The van der Waals surface area contributed by atoms with E-state index in [0.29, 0.717) is 12.3 Å². The maximum Gasteiger partial charge on any atom is 0.230 e. The van der Waals surface area contributed by atoms with Gasteiger partial charge in [-0.3, -0.25) is 4.79 Å². The Hall–Kier alpha value is -2.60. The third-order valence-electron chi connectivity index (χ3n) is 3.98.